The van der Waals surface area contributed by atoms with Crippen LogP contribution in [-0.4, -0.2) is 20.8 Å². The zero-order valence-corrected chi connectivity index (χ0v) is 12.6. The van der Waals surface area contributed by atoms with E-state index in [9.17, 15) is 0 Å². The normalized spacial score (nSPS) is 11.5. The molecular formula is C16H15N5S. The van der Waals surface area contributed by atoms with E-state index in [2.05, 4.69) is 20.5 Å². The van der Waals surface area contributed by atoms with Crippen molar-refractivity contribution in [3.05, 3.63) is 66.0 Å². The summed E-state index contributed by atoms with van der Waals surface area (Å²) in [4.78, 5) is 7.88. The third kappa shape index (κ3) is 3.29. The van der Waals surface area contributed by atoms with Crippen molar-refractivity contribution in [2.45, 2.75) is 6.42 Å². The molecule has 0 aliphatic rings. The molecular weight excluding hydrogens is 294 g/mol. The number of nitrogens with one attached hydrogen (secondary N) is 2. The van der Waals surface area contributed by atoms with Crippen molar-refractivity contribution < 1.29 is 0 Å². The van der Waals surface area contributed by atoms with Gasteiger partial charge in [-0.3, -0.25) is 5.43 Å². The van der Waals surface area contributed by atoms with Gasteiger partial charge < -0.3 is 10.7 Å². The quantitative estimate of drug-likeness (QED) is 0.393. The van der Waals surface area contributed by atoms with Crippen molar-refractivity contribution in [1.29, 1.82) is 0 Å². The molecule has 0 aliphatic heterocycles. The Balaban J connectivity index is 1.92. The monoisotopic (exact) mass is 309 g/mol. The Morgan fingerprint density at radius 2 is 1.86 bits per heavy atom. The first-order chi connectivity index (χ1) is 10.7. The summed E-state index contributed by atoms with van der Waals surface area (Å²) in [5.74, 6) is 0.841. The second-order valence-electron chi connectivity index (χ2n) is 4.78. The van der Waals surface area contributed by atoms with E-state index in [4.69, 9.17) is 18.0 Å². The van der Waals surface area contributed by atoms with E-state index in [-0.39, 0.29) is 5.11 Å². The lowest BCUT2D eigenvalue weighted by atomic mass is 10.1. The van der Waals surface area contributed by atoms with E-state index in [0.29, 0.717) is 6.42 Å². The largest absolute Gasteiger partial charge is 0.375 e. The zero-order chi connectivity index (χ0) is 15.4. The minimum Gasteiger partial charge on any atom is -0.375 e. The molecule has 0 bridgehead atoms. The molecule has 0 amide bonds. The number of hydrazone groups is 1. The molecule has 0 saturated carbocycles. The number of nitrogens with two attached hydrogens (primary N) is 1. The van der Waals surface area contributed by atoms with Crippen molar-refractivity contribution in [3.63, 3.8) is 0 Å². The highest BCUT2D eigenvalue weighted by molar-refractivity contribution is 7.80. The molecule has 3 rings (SSSR count). The molecule has 0 spiro atoms. The molecule has 0 atom stereocenters. The first-order valence-electron chi connectivity index (χ1n) is 6.83. The maximum atomic E-state index is 5.46. The van der Waals surface area contributed by atoms with Crippen molar-refractivity contribution in [2.24, 2.45) is 10.8 Å². The summed E-state index contributed by atoms with van der Waals surface area (Å²) in [6, 6.07) is 17.8. The molecule has 4 N–H and O–H groups in total. The molecule has 5 nitrogen and oxygen atoms in total. The predicted octanol–water partition coefficient (Wildman–Crippen LogP) is 2.34. The first kappa shape index (κ1) is 14.2. The standard InChI is InChI=1S/C16H15N5S/c17-16(22)21-20-14(11-6-2-1-3-7-11)10-15-18-12-8-4-5-9-13(12)19-15/h1-9H,10H2,(H,18,19)(H3,17,21,22). The number of imidazole rings is 1. The van der Waals surface area contributed by atoms with Crippen LogP contribution in [0.1, 0.15) is 11.4 Å². The Labute approximate surface area is 133 Å². The topological polar surface area (TPSA) is 79.1 Å². The summed E-state index contributed by atoms with van der Waals surface area (Å²) >= 11 is 4.82. The lowest BCUT2D eigenvalue weighted by Gasteiger charge is -2.06. The van der Waals surface area contributed by atoms with Gasteiger partial charge in [-0.15, -0.1) is 0 Å². The number of hydrogen-bond donors (Lipinski definition) is 3. The van der Waals surface area contributed by atoms with Gasteiger partial charge >= 0.3 is 0 Å². The van der Waals surface area contributed by atoms with Crippen LogP contribution in [0.25, 0.3) is 11.0 Å². The van der Waals surface area contributed by atoms with Crippen molar-refractivity contribution in [1.82, 2.24) is 15.4 Å². The van der Waals surface area contributed by atoms with Gasteiger partial charge in [-0.1, -0.05) is 42.5 Å². The average molecular weight is 309 g/mol. The number of H-pyrrole nitrogens is 1. The van der Waals surface area contributed by atoms with Gasteiger partial charge in [0.05, 0.1) is 23.2 Å². The number of aromatic amines is 1. The Bertz CT molecular complexity index is 790. The van der Waals surface area contributed by atoms with Crippen LogP contribution in [0.4, 0.5) is 0 Å². The van der Waals surface area contributed by atoms with E-state index < -0.39 is 0 Å². The fourth-order valence-corrected chi connectivity index (χ4v) is 2.25. The molecule has 0 radical (unpaired) electrons. The first-order valence-corrected chi connectivity index (χ1v) is 7.24. The Kier molecular flexibility index (Phi) is 4.11. The maximum absolute atomic E-state index is 5.46. The number of para-hydroxylation sites is 2. The lowest BCUT2D eigenvalue weighted by molar-refractivity contribution is 1.00. The van der Waals surface area contributed by atoms with Gasteiger partial charge in [0.15, 0.2) is 5.11 Å². The van der Waals surface area contributed by atoms with Crippen LogP contribution in [0.3, 0.4) is 0 Å². The summed E-state index contributed by atoms with van der Waals surface area (Å²) in [5.41, 5.74) is 11.9. The second-order valence-corrected chi connectivity index (χ2v) is 5.22. The summed E-state index contributed by atoms with van der Waals surface area (Å²) in [6.07, 6.45) is 0.550. The second kappa shape index (κ2) is 6.36. The summed E-state index contributed by atoms with van der Waals surface area (Å²) in [7, 11) is 0. The number of hydrogen-bond acceptors (Lipinski definition) is 3. The van der Waals surface area contributed by atoms with Crippen LogP contribution in [0.15, 0.2) is 59.7 Å². The van der Waals surface area contributed by atoms with Crippen molar-refractivity contribution in [2.75, 3.05) is 0 Å². The number of rotatable bonds is 4. The summed E-state index contributed by atoms with van der Waals surface area (Å²) in [5, 5.41) is 4.44. The molecule has 2 aromatic carbocycles. The molecule has 0 aliphatic carbocycles. The fraction of sp³-hybridized carbons (Fsp3) is 0.0625. The van der Waals surface area contributed by atoms with E-state index in [1.807, 2.05) is 54.6 Å². The van der Waals surface area contributed by atoms with E-state index in [1.165, 1.54) is 0 Å². The highest BCUT2D eigenvalue weighted by atomic mass is 32.1. The van der Waals surface area contributed by atoms with Gasteiger partial charge in [-0.2, -0.15) is 5.10 Å². The van der Waals surface area contributed by atoms with Gasteiger partial charge in [0.1, 0.15) is 5.82 Å². The summed E-state index contributed by atoms with van der Waals surface area (Å²) in [6.45, 7) is 0. The fourth-order valence-electron chi connectivity index (χ4n) is 2.21. The molecule has 0 unspecified atom stereocenters. The van der Waals surface area contributed by atoms with Crippen LogP contribution in [0.2, 0.25) is 0 Å². The van der Waals surface area contributed by atoms with Crippen LogP contribution >= 0.6 is 12.2 Å². The van der Waals surface area contributed by atoms with Crippen molar-refractivity contribution in [3.8, 4) is 0 Å². The molecule has 1 aromatic heterocycles. The zero-order valence-electron chi connectivity index (χ0n) is 11.8. The highest BCUT2D eigenvalue weighted by Gasteiger charge is 2.09. The average Bonchev–Trinajstić information content (AvgIpc) is 2.94. The Morgan fingerprint density at radius 1 is 1.14 bits per heavy atom. The molecule has 3 aromatic rings. The van der Waals surface area contributed by atoms with E-state index in [1.54, 1.807) is 0 Å². The van der Waals surface area contributed by atoms with Crippen LogP contribution in [0.5, 0.6) is 0 Å². The van der Waals surface area contributed by atoms with Crippen molar-refractivity contribution >= 4 is 34.1 Å². The molecule has 0 fully saturated rings. The Morgan fingerprint density at radius 3 is 2.59 bits per heavy atom. The minimum atomic E-state index is 0.137. The van der Waals surface area contributed by atoms with E-state index >= 15 is 0 Å². The number of nitrogens with zero attached hydrogens (tertiary/aromatic N) is 2. The molecule has 22 heavy (non-hydrogen) atoms. The SMILES string of the molecule is NC(=S)NN=C(Cc1nc2ccccc2[nH]1)c1ccccc1. The Hall–Kier alpha value is -2.73. The smallest absolute Gasteiger partial charge is 0.184 e. The number of aromatic nitrogens is 2. The van der Waals surface area contributed by atoms with Gasteiger partial charge in [0, 0.05) is 0 Å². The van der Waals surface area contributed by atoms with Crippen LogP contribution < -0.4 is 11.2 Å². The predicted molar refractivity (Wildman–Crippen MR) is 92.7 cm³/mol. The highest BCUT2D eigenvalue weighted by Crippen LogP contribution is 2.12. The number of thiocarbonyl (C=S) groups is 1. The maximum Gasteiger partial charge on any atom is 0.184 e. The molecule has 6 heteroatoms. The lowest BCUT2D eigenvalue weighted by Crippen LogP contribution is -2.26. The molecule has 1 heterocycles. The molecule has 0 saturated heterocycles. The third-order valence-corrected chi connectivity index (χ3v) is 3.27. The van der Waals surface area contributed by atoms with Crippen LogP contribution in [-0.2, 0) is 6.42 Å². The van der Waals surface area contributed by atoms with E-state index in [0.717, 1.165) is 28.1 Å². The number of benzene rings is 2. The van der Waals surface area contributed by atoms with Gasteiger partial charge in [0.25, 0.3) is 0 Å². The third-order valence-electron chi connectivity index (χ3n) is 3.18. The summed E-state index contributed by atoms with van der Waals surface area (Å²) < 4.78 is 0. The minimum absolute atomic E-state index is 0.137. The van der Waals surface area contributed by atoms with Gasteiger partial charge in [-0.05, 0) is 29.9 Å². The molecule has 110 valence electrons. The van der Waals surface area contributed by atoms with Gasteiger partial charge in [0.2, 0.25) is 0 Å². The number of fused-ring (bicyclic) bond motifs is 1. The van der Waals surface area contributed by atoms with Gasteiger partial charge in [-0.25, -0.2) is 4.98 Å². The van der Waals surface area contributed by atoms with Crippen LogP contribution in [0, 0.1) is 0 Å².